The average molecular weight is 308 g/mol. The van der Waals surface area contributed by atoms with E-state index >= 15 is 0 Å². The maximum atomic E-state index is 4.38. The summed E-state index contributed by atoms with van der Waals surface area (Å²) in [5, 5.41) is 7.56. The summed E-state index contributed by atoms with van der Waals surface area (Å²) in [5.74, 6) is 0. The molecule has 0 saturated heterocycles. The zero-order valence-electron chi connectivity index (χ0n) is 10.8. The minimum atomic E-state index is 1.03. The van der Waals surface area contributed by atoms with E-state index in [2.05, 4.69) is 50.6 Å². The van der Waals surface area contributed by atoms with Gasteiger partial charge in [0.15, 0.2) is 0 Å². The van der Waals surface area contributed by atoms with Crippen LogP contribution >= 0.6 is 15.9 Å². The zero-order valence-corrected chi connectivity index (χ0v) is 12.4. The summed E-state index contributed by atoms with van der Waals surface area (Å²) >= 11 is 3.46. The van der Waals surface area contributed by atoms with Gasteiger partial charge in [0, 0.05) is 22.8 Å². The van der Waals surface area contributed by atoms with E-state index in [-0.39, 0.29) is 0 Å². The molecule has 18 heavy (non-hydrogen) atoms. The first kappa shape index (κ1) is 13.3. The van der Waals surface area contributed by atoms with Crippen LogP contribution in [0.1, 0.15) is 12.1 Å². The molecule has 0 spiro atoms. The zero-order chi connectivity index (χ0) is 13.0. The number of hydrogen-bond acceptors (Lipinski definition) is 2. The molecular formula is C14H18BrN3. The van der Waals surface area contributed by atoms with Crippen LogP contribution in [0.25, 0.3) is 11.1 Å². The molecule has 4 heteroatoms. The highest BCUT2D eigenvalue weighted by Crippen LogP contribution is 2.25. The molecule has 0 fully saturated rings. The van der Waals surface area contributed by atoms with E-state index < -0.39 is 0 Å². The van der Waals surface area contributed by atoms with Gasteiger partial charge in [-0.15, -0.1) is 0 Å². The Morgan fingerprint density at radius 2 is 2.00 bits per heavy atom. The molecule has 0 atom stereocenters. The molecule has 2 aromatic rings. The van der Waals surface area contributed by atoms with Crippen molar-refractivity contribution in [2.45, 2.75) is 12.8 Å². The quantitative estimate of drug-likeness (QED) is 0.861. The lowest BCUT2D eigenvalue weighted by Crippen LogP contribution is -2.10. The first-order chi connectivity index (χ1) is 8.72. The van der Waals surface area contributed by atoms with Crippen LogP contribution in [0.5, 0.6) is 0 Å². The molecule has 0 amide bonds. The topological polar surface area (TPSA) is 29.9 Å². The molecule has 1 N–H and O–H groups in total. The van der Waals surface area contributed by atoms with Gasteiger partial charge in [0.1, 0.15) is 0 Å². The van der Waals surface area contributed by atoms with E-state index in [1.54, 1.807) is 0 Å². The van der Waals surface area contributed by atoms with Gasteiger partial charge in [-0.2, -0.15) is 5.10 Å². The van der Waals surface area contributed by atoms with Gasteiger partial charge in [0.05, 0.1) is 6.20 Å². The Balaban J connectivity index is 2.24. The molecule has 0 aliphatic carbocycles. The van der Waals surface area contributed by atoms with Crippen LogP contribution in [0.4, 0.5) is 0 Å². The van der Waals surface area contributed by atoms with Gasteiger partial charge in [0.25, 0.3) is 0 Å². The second-order valence-electron chi connectivity index (χ2n) is 4.34. The summed E-state index contributed by atoms with van der Waals surface area (Å²) in [6.45, 7) is 1.03. The molecular weight excluding hydrogens is 290 g/mol. The summed E-state index contributed by atoms with van der Waals surface area (Å²) in [6, 6.07) is 8.39. The summed E-state index contributed by atoms with van der Waals surface area (Å²) in [7, 11) is 4.00. The average Bonchev–Trinajstić information content (AvgIpc) is 2.73. The number of rotatable bonds is 5. The van der Waals surface area contributed by atoms with Crippen molar-refractivity contribution in [3.8, 4) is 11.1 Å². The van der Waals surface area contributed by atoms with Crippen LogP contribution in [0.2, 0.25) is 0 Å². The smallest absolute Gasteiger partial charge is 0.0571 e. The van der Waals surface area contributed by atoms with Gasteiger partial charge in [0.2, 0.25) is 0 Å². The predicted octanol–water partition coefficient (Wildman–Crippen LogP) is 3.00. The molecule has 0 aliphatic rings. The van der Waals surface area contributed by atoms with E-state index in [1.165, 1.54) is 16.8 Å². The molecule has 0 bridgehead atoms. The molecule has 96 valence electrons. The first-order valence-corrected chi connectivity index (χ1v) is 6.93. The molecule has 3 nitrogen and oxygen atoms in total. The maximum Gasteiger partial charge on any atom is 0.0571 e. The number of nitrogens with zero attached hydrogens (tertiary/aromatic N) is 2. The Bertz CT molecular complexity index is 502. The second kappa shape index (κ2) is 6.16. The van der Waals surface area contributed by atoms with Crippen molar-refractivity contribution in [3.63, 3.8) is 0 Å². The van der Waals surface area contributed by atoms with Crippen molar-refractivity contribution >= 4 is 15.9 Å². The van der Waals surface area contributed by atoms with Crippen LogP contribution in [0, 0.1) is 0 Å². The minimum absolute atomic E-state index is 1.03. The molecule has 0 saturated carbocycles. The second-order valence-corrected chi connectivity index (χ2v) is 5.26. The summed E-state index contributed by atoms with van der Waals surface area (Å²) < 4.78 is 3.08. The number of halogens is 1. The van der Waals surface area contributed by atoms with Crippen LogP contribution in [0.3, 0.4) is 0 Å². The lowest BCUT2D eigenvalue weighted by Gasteiger charge is -2.06. The van der Waals surface area contributed by atoms with Crippen LogP contribution in [-0.2, 0) is 13.5 Å². The summed E-state index contributed by atoms with van der Waals surface area (Å²) in [5.41, 5.74) is 3.76. The number of aryl methyl sites for hydroxylation is 1. The van der Waals surface area contributed by atoms with Gasteiger partial charge < -0.3 is 5.32 Å². The SMILES string of the molecule is CNCCCc1c(-c2ccc(Br)cc2)cnn1C. The highest BCUT2D eigenvalue weighted by Gasteiger charge is 2.09. The lowest BCUT2D eigenvalue weighted by atomic mass is 10.0. The van der Waals surface area contributed by atoms with Gasteiger partial charge >= 0.3 is 0 Å². The molecule has 2 rings (SSSR count). The highest BCUT2D eigenvalue weighted by molar-refractivity contribution is 9.10. The summed E-state index contributed by atoms with van der Waals surface area (Å²) in [4.78, 5) is 0. The van der Waals surface area contributed by atoms with E-state index in [0.29, 0.717) is 0 Å². The van der Waals surface area contributed by atoms with Crippen molar-refractivity contribution in [3.05, 3.63) is 40.6 Å². The van der Waals surface area contributed by atoms with Crippen LogP contribution < -0.4 is 5.32 Å². The number of benzene rings is 1. The van der Waals surface area contributed by atoms with E-state index in [0.717, 1.165) is 23.9 Å². The highest BCUT2D eigenvalue weighted by atomic mass is 79.9. The fourth-order valence-electron chi connectivity index (χ4n) is 2.06. The Hall–Kier alpha value is -1.13. The third kappa shape index (κ3) is 3.00. The van der Waals surface area contributed by atoms with Gasteiger partial charge in [-0.05, 0) is 44.1 Å². The normalized spacial score (nSPS) is 10.8. The van der Waals surface area contributed by atoms with Crippen LogP contribution in [0.15, 0.2) is 34.9 Å². The first-order valence-electron chi connectivity index (χ1n) is 6.14. The van der Waals surface area contributed by atoms with Gasteiger partial charge in [-0.1, -0.05) is 28.1 Å². The number of nitrogens with one attached hydrogen (secondary N) is 1. The summed E-state index contributed by atoms with van der Waals surface area (Å²) in [6.07, 6.45) is 4.13. The number of aromatic nitrogens is 2. The van der Waals surface area contributed by atoms with Crippen molar-refractivity contribution in [2.24, 2.45) is 7.05 Å². The molecule has 0 aliphatic heterocycles. The monoisotopic (exact) mass is 307 g/mol. The molecule has 1 aromatic heterocycles. The Kier molecular flexibility index (Phi) is 4.55. The minimum Gasteiger partial charge on any atom is -0.320 e. The Labute approximate surface area is 116 Å². The Morgan fingerprint density at radius 3 is 2.67 bits per heavy atom. The van der Waals surface area contributed by atoms with Crippen LogP contribution in [-0.4, -0.2) is 23.4 Å². The fraction of sp³-hybridized carbons (Fsp3) is 0.357. The van der Waals surface area contributed by atoms with Crippen molar-refractivity contribution in [1.29, 1.82) is 0 Å². The van der Waals surface area contributed by atoms with Gasteiger partial charge in [-0.3, -0.25) is 4.68 Å². The van der Waals surface area contributed by atoms with Gasteiger partial charge in [-0.25, -0.2) is 0 Å². The van der Waals surface area contributed by atoms with Crippen molar-refractivity contribution in [1.82, 2.24) is 15.1 Å². The molecule has 1 aromatic carbocycles. The predicted molar refractivity (Wildman–Crippen MR) is 78.6 cm³/mol. The van der Waals surface area contributed by atoms with E-state index in [9.17, 15) is 0 Å². The fourth-order valence-corrected chi connectivity index (χ4v) is 2.33. The standard InChI is InChI=1S/C14H18BrN3/c1-16-9-3-4-14-13(10-17-18(14)2)11-5-7-12(15)8-6-11/h5-8,10,16H,3-4,9H2,1-2H3. The molecule has 1 heterocycles. The third-order valence-corrected chi connectivity index (χ3v) is 3.59. The van der Waals surface area contributed by atoms with Crippen molar-refractivity contribution < 1.29 is 0 Å². The lowest BCUT2D eigenvalue weighted by molar-refractivity contribution is 0.660. The maximum absolute atomic E-state index is 4.38. The van der Waals surface area contributed by atoms with E-state index in [4.69, 9.17) is 0 Å². The molecule has 0 unspecified atom stereocenters. The molecule has 0 radical (unpaired) electrons. The Morgan fingerprint density at radius 1 is 1.28 bits per heavy atom. The number of hydrogen-bond donors (Lipinski definition) is 1. The van der Waals surface area contributed by atoms with Crippen molar-refractivity contribution in [2.75, 3.05) is 13.6 Å². The van der Waals surface area contributed by atoms with E-state index in [1.807, 2.05) is 25.0 Å². The third-order valence-electron chi connectivity index (χ3n) is 3.06. The largest absolute Gasteiger partial charge is 0.320 e.